The van der Waals surface area contributed by atoms with E-state index in [0.29, 0.717) is 5.92 Å². The van der Waals surface area contributed by atoms with E-state index in [-0.39, 0.29) is 17.4 Å². The number of methoxy groups -OCH3 is 1. The van der Waals surface area contributed by atoms with Gasteiger partial charge in [-0.2, -0.15) is 0 Å². The predicted octanol–water partition coefficient (Wildman–Crippen LogP) is 0.869. The summed E-state index contributed by atoms with van der Waals surface area (Å²) in [6, 6.07) is 0.0621. The van der Waals surface area contributed by atoms with E-state index in [4.69, 9.17) is 4.74 Å². The summed E-state index contributed by atoms with van der Waals surface area (Å²) >= 11 is 0. The molecule has 0 bridgehead atoms. The largest absolute Gasteiger partial charge is 0.384 e. The van der Waals surface area contributed by atoms with Gasteiger partial charge in [0.2, 0.25) is 5.91 Å². The molecular formula is C13H24N2O2. The van der Waals surface area contributed by atoms with Crippen LogP contribution >= 0.6 is 0 Å². The molecule has 2 aliphatic rings. The van der Waals surface area contributed by atoms with Gasteiger partial charge >= 0.3 is 0 Å². The summed E-state index contributed by atoms with van der Waals surface area (Å²) in [6.45, 7) is 7.89. The van der Waals surface area contributed by atoms with E-state index in [2.05, 4.69) is 19.2 Å². The van der Waals surface area contributed by atoms with Gasteiger partial charge in [0, 0.05) is 26.1 Å². The van der Waals surface area contributed by atoms with Crippen molar-refractivity contribution in [3.05, 3.63) is 0 Å². The smallest absolute Gasteiger partial charge is 0.239 e. The van der Waals surface area contributed by atoms with Crippen molar-refractivity contribution in [2.45, 2.75) is 32.7 Å². The summed E-state index contributed by atoms with van der Waals surface area (Å²) in [5.74, 6) is 0.743. The lowest BCUT2D eigenvalue weighted by Crippen LogP contribution is -2.43. The quantitative estimate of drug-likeness (QED) is 0.796. The highest BCUT2D eigenvalue weighted by Crippen LogP contribution is 2.35. The Hall–Kier alpha value is -0.610. The summed E-state index contributed by atoms with van der Waals surface area (Å²) in [4.78, 5) is 14.3. The lowest BCUT2D eigenvalue weighted by molar-refractivity contribution is -0.132. The number of hydrogen-bond acceptors (Lipinski definition) is 3. The molecule has 4 heteroatoms. The molecule has 0 aromatic rings. The molecule has 0 radical (unpaired) electrons. The SMILES string of the molecule is COCC1CN(C(=O)C2CCCN2)CC1(C)C. The number of likely N-dealkylation sites (tertiary alicyclic amines) is 1. The molecular weight excluding hydrogens is 216 g/mol. The number of hydrogen-bond donors (Lipinski definition) is 1. The molecule has 0 spiro atoms. The Morgan fingerprint density at radius 3 is 2.88 bits per heavy atom. The van der Waals surface area contributed by atoms with Gasteiger partial charge in [0.05, 0.1) is 12.6 Å². The van der Waals surface area contributed by atoms with E-state index in [9.17, 15) is 4.79 Å². The zero-order chi connectivity index (χ0) is 12.5. The third-order valence-electron chi connectivity index (χ3n) is 4.18. The third-order valence-corrected chi connectivity index (χ3v) is 4.18. The van der Waals surface area contributed by atoms with Crippen molar-refractivity contribution in [2.24, 2.45) is 11.3 Å². The first kappa shape index (κ1) is 12.8. The van der Waals surface area contributed by atoms with Crippen LogP contribution in [0.3, 0.4) is 0 Å². The van der Waals surface area contributed by atoms with Crippen molar-refractivity contribution < 1.29 is 9.53 Å². The van der Waals surface area contributed by atoms with Crippen molar-refractivity contribution in [1.82, 2.24) is 10.2 Å². The fourth-order valence-corrected chi connectivity index (χ4v) is 2.96. The molecule has 2 aliphatic heterocycles. The van der Waals surface area contributed by atoms with Gasteiger partial charge in [-0.15, -0.1) is 0 Å². The molecule has 98 valence electrons. The van der Waals surface area contributed by atoms with Crippen molar-refractivity contribution in [3.8, 4) is 0 Å². The number of nitrogens with one attached hydrogen (secondary N) is 1. The molecule has 2 atom stereocenters. The van der Waals surface area contributed by atoms with E-state index >= 15 is 0 Å². The van der Waals surface area contributed by atoms with Crippen molar-refractivity contribution >= 4 is 5.91 Å². The molecule has 2 unspecified atom stereocenters. The first-order valence-electron chi connectivity index (χ1n) is 6.55. The van der Waals surface area contributed by atoms with Crippen LogP contribution in [0.1, 0.15) is 26.7 Å². The highest BCUT2D eigenvalue weighted by Gasteiger charge is 2.42. The number of rotatable bonds is 3. The van der Waals surface area contributed by atoms with E-state index in [0.717, 1.165) is 39.1 Å². The van der Waals surface area contributed by atoms with Crippen LogP contribution in [0, 0.1) is 11.3 Å². The number of amides is 1. The lowest BCUT2D eigenvalue weighted by Gasteiger charge is -2.24. The fourth-order valence-electron chi connectivity index (χ4n) is 2.96. The van der Waals surface area contributed by atoms with Gasteiger partial charge in [-0.1, -0.05) is 13.8 Å². The van der Waals surface area contributed by atoms with Crippen LogP contribution in [-0.2, 0) is 9.53 Å². The molecule has 0 saturated carbocycles. The van der Waals surface area contributed by atoms with Crippen LogP contribution in [0.15, 0.2) is 0 Å². The Balaban J connectivity index is 1.97. The van der Waals surface area contributed by atoms with Crippen LogP contribution in [-0.4, -0.2) is 50.2 Å². The Bertz CT molecular complexity index is 285. The number of ether oxygens (including phenoxy) is 1. The summed E-state index contributed by atoms with van der Waals surface area (Å²) in [5, 5.41) is 3.28. The Morgan fingerprint density at radius 1 is 1.53 bits per heavy atom. The minimum Gasteiger partial charge on any atom is -0.384 e. The third kappa shape index (κ3) is 2.63. The van der Waals surface area contributed by atoms with Crippen LogP contribution < -0.4 is 5.32 Å². The van der Waals surface area contributed by atoms with Crippen LogP contribution in [0.4, 0.5) is 0 Å². The molecule has 2 rings (SSSR count). The molecule has 0 aromatic heterocycles. The highest BCUT2D eigenvalue weighted by molar-refractivity contribution is 5.82. The zero-order valence-corrected chi connectivity index (χ0v) is 11.2. The Kier molecular flexibility index (Phi) is 3.73. The summed E-state index contributed by atoms with van der Waals surface area (Å²) in [7, 11) is 1.74. The van der Waals surface area contributed by atoms with Gasteiger partial charge in [0.1, 0.15) is 0 Å². The van der Waals surface area contributed by atoms with Gasteiger partial charge in [-0.05, 0) is 24.8 Å². The summed E-state index contributed by atoms with van der Waals surface area (Å²) < 4.78 is 5.26. The first-order valence-corrected chi connectivity index (χ1v) is 6.55. The lowest BCUT2D eigenvalue weighted by atomic mass is 9.83. The van der Waals surface area contributed by atoms with Gasteiger partial charge in [0.25, 0.3) is 0 Å². The van der Waals surface area contributed by atoms with Gasteiger partial charge < -0.3 is 15.0 Å². The number of carbonyl (C=O) groups excluding carboxylic acids is 1. The molecule has 1 N–H and O–H groups in total. The average Bonchev–Trinajstić information content (AvgIpc) is 2.87. The van der Waals surface area contributed by atoms with Crippen LogP contribution in [0.5, 0.6) is 0 Å². The zero-order valence-electron chi connectivity index (χ0n) is 11.2. The van der Waals surface area contributed by atoms with Crippen LogP contribution in [0.25, 0.3) is 0 Å². The summed E-state index contributed by atoms with van der Waals surface area (Å²) in [5.41, 5.74) is 0.171. The number of carbonyl (C=O) groups is 1. The molecule has 1 amide bonds. The maximum atomic E-state index is 12.3. The van der Waals surface area contributed by atoms with E-state index < -0.39 is 0 Å². The second kappa shape index (κ2) is 4.94. The molecule has 0 aromatic carbocycles. The highest BCUT2D eigenvalue weighted by atomic mass is 16.5. The topological polar surface area (TPSA) is 41.6 Å². The Labute approximate surface area is 104 Å². The van der Waals surface area contributed by atoms with Gasteiger partial charge in [-0.25, -0.2) is 0 Å². The van der Waals surface area contributed by atoms with Gasteiger partial charge in [-0.3, -0.25) is 4.79 Å². The maximum absolute atomic E-state index is 12.3. The normalized spacial score (nSPS) is 32.1. The van der Waals surface area contributed by atoms with E-state index in [1.54, 1.807) is 7.11 Å². The monoisotopic (exact) mass is 240 g/mol. The molecule has 2 saturated heterocycles. The van der Waals surface area contributed by atoms with Crippen LogP contribution in [0.2, 0.25) is 0 Å². The molecule has 4 nitrogen and oxygen atoms in total. The second-order valence-corrected chi connectivity index (χ2v) is 6.01. The minimum absolute atomic E-state index is 0.0621. The Morgan fingerprint density at radius 2 is 2.29 bits per heavy atom. The van der Waals surface area contributed by atoms with E-state index in [1.165, 1.54) is 0 Å². The molecule has 0 aliphatic carbocycles. The average molecular weight is 240 g/mol. The molecule has 2 fully saturated rings. The predicted molar refractivity (Wildman–Crippen MR) is 66.8 cm³/mol. The summed E-state index contributed by atoms with van der Waals surface area (Å²) in [6.07, 6.45) is 2.11. The maximum Gasteiger partial charge on any atom is 0.239 e. The van der Waals surface area contributed by atoms with Crippen molar-refractivity contribution in [1.29, 1.82) is 0 Å². The van der Waals surface area contributed by atoms with Crippen molar-refractivity contribution in [3.63, 3.8) is 0 Å². The minimum atomic E-state index is 0.0621. The van der Waals surface area contributed by atoms with Gasteiger partial charge in [0.15, 0.2) is 0 Å². The second-order valence-electron chi connectivity index (χ2n) is 6.01. The standard InChI is InChI=1S/C13H24N2O2/c1-13(2)9-15(7-10(13)8-17-3)12(16)11-5-4-6-14-11/h10-11,14H,4-9H2,1-3H3. The molecule has 17 heavy (non-hydrogen) atoms. The van der Waals surface area contributed by atoms with E-state index in [1.807, 2.05) is 4.90 Å². The number of nitrogens with zero attached hydrogens (tertiary/aromatic N) is 1. The van der Waals surface area contributed by atoms with Crippen molar-refractivity contribution in [2.75, 3.05) is 33.4 Å². The fraction of sp³-hybridized carbons (Fsp3) is 0.923. The molecule has 2 heterocycles. The first-order chi connectivity index (χ1) is 8.04.